The van der Waals surface area contributed by atoms with E-state index in [-0.39, 0.29) is 12.6 Å². The standard InChI is InChI=1S/C13H16N2O2/c1-10-7-15-13(17-10)8-14-12(9-16)11-5-3-2-4-6-11/h2-7,12,14,16H,8-9H2,1H3/t12-/m1/s1. The average Bonchev–Trinajstić information content (AvgIpc) is 2.77. The predicted molar refractivity (Wildman–Crippen MR) is 64.3 cm³/mol. The summed E-state index contributed by atoms with van der Waals surface area (Å²) < 4.78 is 5.36. The van der Waals surface area contributed by atoms with Crippen molar-refractivity contribution in [2.75, 3.05) is 6.61 Å². The molecule has 0 aliphatic carbocycles. The summed E-state index contributed by atoms with van der Waals surface area (Å²) in [6.07, 6.45) is 1.69. The Morgan fingerprint density at radius 3 is 2.71 bits per heavy atom. The van der Waals surface area contributed by atoms with Crippen molar-refractivity contribution >= 4 is 0 Å². The summed E-state index contributed by atoms with van der Waals surface area (Å²) in [5, 5.41) is 12.6. The Kier molecular flexibility index (Phi) is 3.90. The summed E-state index contributed by atoms with van der Waals surface area (Å²) in [6.45, 7) is 2.41. The van der Waals surface area contributed by atoms with Crippen LogP contribution in [0.2, 0.25) is 0 Å². The fraction of sp³-hybridized carbons (Fsp3) is 0.308. The molecule has 1 atom stereocenters. The van der Waals surface area contributed by atoms with E-state index in [1.165, 1.54) is 0 Å². The van der Waals surface area contributed by atoms with E-state index in [4.69, 9.17) is 4.42 Å². The zero-order valence-electron chi connectivity index (χ0n) is 9.76. The summed E-state index contributed by atoms with van der Waals surface area (Å²) >= 11 is 0. The first-order valence-electron chi connectivity index (χ1n) is 5.60. The molecule has 0 amide bonds. The third-order valence-corrected chi connectivity index (χ3v) is 2.55. The van der Waals surface area contributed by atoms with E-state index in [1.54, 1.807) is 6.20 Å². The van der Waals surface area contributed by atoms with Gasteiger partial charge in [0.15, 0.2) is 0 Å². The molecule has 0 saturated carbocycles. The Balaban J connectivity index is 1.97. The number of nitrogens with zero attached hydrogens (tertiary/aromatic N) is 1. The number of aliphatic hydroxyl groups is 1. The molecule has 1 aromatic heterocycles. The molecule has 4 heteroatoms. The molecule has 90 valence electrons. The summed E-state index contributed by atoms with van der Waals surface area (Å²) in [5.41, 5.74) is 1.05. The molecule has 0 unspecified atom stereocenters. The minimum Gasteiger partial charge on any atom is -0.445 e. The molecule has 0 bridgehead atoms. The van der Waals surface area contributed by atoms with E-state index in [9.17, 15) is 5.11 Å². The first-order chi connectivity index (χ1) is 8.29. The molecule has 17 heavy (non-hydrogen) atoms. The van der Waals surface area contributed by atoms with Gasteiger partial charge in [0.25, 0.3) is 0 Å². The summed E-state index contributed by atoms with van der Waals surface area (Å²) in [6, 6.07) is 9.73. The highest BCUT2D eigenvalue weighted by atomic mass is 16.4. The van der Waals surface area contributed by atoms with E-state index in [0.29, 0.717) is 12.4 Å². The SMILES string of the molecule is Cc1cnc(CN[C@H](CO)c2ccccc2)o1. The molecule has 2 aromatic rings. The lowest BCUT2D eigenvalue weighted by Crippen LogP contribution is -2.24. The summed E-state index contributed by atoms with van der Waals surface area (Å²) in [4.78, 5) is 4.10. The Hall–Kier alpha value is -1.65. The second-order valence-electron chi connectivity index (χ2n) is 3.89. The first-order valence-corrected chi connectivity index (χ1v) is 5.60. The van der Waals surface area contributed by atoms with Gasteiger partial charge in [-0.1, -0.05) is 30.3 Å². The molecule has 0 fully saturated rings. The molecule has 0 aliphatic rings. The maximum atomic E-state index is 9.35. The Morgan fingerprint density at radius 1 is 1.35 bits per heavy atom. The van der Waals surface area contributed by atoms with Gasteiger partial charge in [0, 0.05) is 0 Å². The minimum atomic E-state index is -0.0941. The highest BCUT2D eigenvalue weighted by molar-refractivity contribution is 5.18. The quantitative estimate of drug-likeness (QED) is 0.825. The monoisotopic (exact) mass is 232 g/mol. The Bertz CT molecular complexity index is 453. The van der Waals surface area contributed by atoms with Crippen LogP contribution in [0.1, 0.15) is 23.3 Å². The number of hydrogen-bond acceptors (Lipinski definition) is 4. The number of hydrogen-bond donors (Lipinski definition) is 2. The van der Waals surface area contributed by atoms with Crippen LogP contribution < -0.4 is 5.32 Å². The normalized spacial score (nSPS) is 12.6. The van der Waals surface area contributed by atoms with Crippen LogP contribution in [0.25, 0.3) is 0 Å². The molecule has 4 nitrogen and oxygen atoms in total. The van der Waals surface area contributed by atoms with Crippen LogP contribution in [0.4, 0.5) is 0 Å². The predicted octanol–water partition coefficient (Wildman–Crippen LogP) is 1.81. The molecule has 2 rings (SSSR count). The average molecular weight is 232 g/mol. The number of benzene rings is 1. The van der Waals surface area contributed by atoms with E-state index in [1.807, 2.05) is 37.3 Å². The van der Waals surface area contributed by atoms with Crippen molar-refractivity contribution in [2.24, 2.45) is 0 Å². The van der Waals surface area contributed by atoms with Gasteiger partial charge < -0.3 is 9.52 Å². The van der Waals surface area contributed by atoms with E-state index in [2.05, 4.69) is 10.3 Å². The van der Waals surface area contributed by atoms with Gasteiger partial charge in [-0.05, 0) is 12.5 Å². The van der Waals surface area contributed by atoms with Crippen LogP contribution in [0.3, 0.4) is 0 Å². The van der Waals surface area contributed by atoms with E-state index >= 15 is 0 Å². The third kappa shape index (κ3) is 3.15. The smallest absolute Gasteiger partial charge is 0.208 e. The molecular formula is C13H16N2O2. The van der Waals surface area contributed by atoms with Crippen LogP contribution in [0, 0.1) is 6.92 Å². The van der Waals surface area contributed by atoms with Crippen molar-refractivity contribution in [2.45, 2.75) is 19.5 Å². The number of oxazole rings is 1. The van der Waals surface area contributed by atoms with Crippen molar-refractivity contribution in [3.8, 4) is 0 Å². The van der Waals surface area contributed by atoms with Gasteiger partial charge in [-0.25, -0.2) is 4.98 Å². The second-order valence-corrected chi connectivity index (χ2v) is 3.89. The van der Waals surface area contributed by atoms with Gasteiger partial charge in [0.05, 0.1) is 25.4 Å². The number of aryl methyl sites for hydroxylation is 1. The van der Waals surface area contributed by atoms with Crippen molar-refractivity contribution in [1.82, 2.24) is 10.3 Å². The lowest BCUT2D eigenvalue weighted by atomic mass is 10.1. The lowest BCUT2D eigenvalue weighted by Gasteiger charge is -2.15. The minimum absolute atomic E-state index is 0.0453. The molecule has 1 aromatic carbocycles. The van der Waals surface area contributed by atoms with Gasteiger partial charge >= 0.3 is 0 Å². The Morgan fingerprint density at radius 2 is 2.12 bits per heavy atom. The van der Waals surface area contributed by atoms with Crippen LogP contribution in [-0.4, -0.2) is 16.7 Å². The van der Waals surface area contributed by atoms with Crippen LogP contribution >= 0.6 is 0 Å². The maximum absolute atomic E-state index is 9.35. The second kappa shape index (κ2) is 5.61. The zero-order valence-corrected chi connectivity index (χ0v) is 9.76. The van der Waals surface area contributed by atoms with Crippen molar-refractivity contribution in [1.29, 1.82) is 0 Å². The molecule has 2 N–H and O–H groups in total. The molecule has 0 radical (unpaired) electrons. The first kappa shape index (κ1) is 11.8. The van der Waals surface area contributed by atoms with Gasteiger partial charge in [0.2, 0.25) is 5.89 Å². The number of aliphatic hydroxyl groups excluding tert-OH is 1. The zero-order chi connectivity index (χ0) is 12.1. The van der Waals surface area contributed by atoms with Crippen molar-refractivity contribution in [3.63, 3.8) is 0 Å². The highest BCUT2D eigenvalue weighted by Gasteiger charge is 2.10. The van der Waals surface area contributed by atoms with Gasteiger partial charge in [-0.3, -0.25) is 5.32 Å². The highest BCUT2D eigenvalue weighted by Crippen LogP contribution is 2.12. The summed E-state index contributed by atoms with van der Waals surface area (Å²) in [5.74, 6) is 1.43. The largest absolute Gasteiger partial charge is 0.445 e. The van der Waals surface area contributed by atoms with Crippen LogP contribution in [0.5, 0.6) is 0 Å². The van der Waals surface area contributed by atoms with Gasteiger partial charge in [-0.2, -0.15) is 0 Å². The number of aromatic nitrogens is 1. The maximum Gasteiger partial charge on any atom is 0.208 e. The topological polar surface area (TPSA) is 58.3 Å². The number of nitrogens with one attached hydrogen (secondary N) is 1. The lowest BCUT2D eigenvalue weighted by molar-refractivity contribution is 0.240. The van der Waals surface area contributed by atoms with Crippen LogP contribution in [-0.2, 0) is 6.54 Å². The van der Waals surface area contributed by atoms with Crippen molar-refractivity contribution in [3.05, 3.63) is 53.7 Å². The van der Waals surface area contributed by atoms with E-state index < -0.39 is 0 Å². The number of rotatable bonds is 5. The van der Waals surface area contributed by atoms with E-state index in [0.717, 1.165) is 11.3 Å². The molecule has 0 spiro atoms. The molecule has 0 aliphatic heterocycles. The van der Waals surface area contributed by atoms with Crippen molar-refractivity contribution < 1.29 is 9.52 Å². The van der Waals surface area contributed by atoms with Crippen LogP contribution in [0.15, 0.2) is 40.9 Å². The summed E-state index contributed by atoms with van der Waals surface area (Å²) in [7, 11) is 0. The third-order valence-electron chi connectivity index (χ3n) is 2.55. The fourth-order valence-electron chi connectivity index (χ4n) is 1.67. The molecular weight excluding hydrogens is 216 g/mol. The van der Waals surface area contributed by atoms with Gasteiger partial charge in [-0.15, -0.1) is 0 Å². The van der Waals surface area contributed by atoms with Gasteiger partial charge in [0.1, 0.15) is 5.76 Å². The molecule has 0 saturated heterocycles. The molecule has 1 heterocycles. The fourth-order valence-corrected chi connectivity index (χ4v) is 1.67. The Labute approximate surface area is 100 Å².